The standard InChI is InChI=1S/C19H27N3O4/c1-20-9-10-21(12-15-3-2-4-16(23)11-15)14-19(20)6-5-17(24)22(8-7-19)13-18(25)26/h2-4,11,23H,5-10,12-14H2,1H3,(H,25,26)/t19-/m0/s1. The summed E-state index contributed by atoms with van der Waals surface area (Å²) in [6.07, 6.45) is 1.91. The summed E-state index contributed by atoms with van der Waals surface area (Å²) < 4.78 is 0. The van der Waals surface area contributed by atoms with E-state index in [1.807, 2.05) is 12.1 Å². The smallest absolute Gasteiger partial charge is 0.323 e. The summed E-state index contributed by atoms with van der Waals surface area (Å²) in [4.78, 5) is 29.5. The Labute approximate surface area is 153 Å². The predicted molar refractivity (Wildman–Crippen MR) is 96.8 cm³/mol. The number of carbonyl (C=O) groups excluding carboxylic acids is 1. The molecule has 2 heterocycles. The Morgan fingerprint density at radius 1 is 1.23 bits per heavy atom. The summed E-state index contributed by atoms with van der Waals surface area (Å²) in [5, 5.41) is 18.7. The maximum Gasteiger partial charge on any atom is 0.323 e. The number of rotatable bonds is 4. The summed E-state index contributed by atoms with van der Waals surface area (Å²) in [7, 11) is 2.10. The van der Waals surface area contributed by atoms with Gasteiger partial charge in [0, 0.05) is 44.7 Å². The number of nitrogens with zero attached hydrogens (tertiary/aromatic N) is 3. The van der Waals surface area contributed by atoms with E-state index in [0.29, 0.717) is 13.0 Å². The van der Waals surface area contributed by atoms with Crippen LogP contribution in [-0.4, -0.2) is 82.1 Å². The largest absolute Gasteiger partial charge is 0.508 e. The van der Waals surface area contributed by atoms with Crippen molar-refractivity contribution in [3.05, 3.63) is 29.8 Å². The van der Waals surface area contributed by atoms with Crippen LogP contribution < -0.4 is 0 Å². The zero-order valence-electron chi connectivity index (χ0n) is 15.2. The van der Waals surface area contributed by atoms with Crippen molar-refractivity contribution in [2.45, 2.75) is 31.3 Å². The van der Waals surface area contributed by atoms with Gasteiger partial charge in [0.15, 0.2) is 0 Å². The van der Waals surface area contributed by atoms with Crippen LogP contribution >= 0.6 is 0 Å². The van der Waals surface area contributed by atoms with Crippen molar-refractivity contribution in [3.8, 4) is 5.75 Å². The molecule has 1 atom stereocenters. The zero-order chi connectivity index (χ0) is 18.7. The lowest BCUT2D eigenvalue weighted by molar-refractivity contribution is -0.144. The van der Waals surface area contributed by atoms with Crippen LogP contribution in [0.15, 0.2) is 24.3 Å². The first kappa shape index (κ1) is 18.7. The van der Waals surface area contributed by atoms with E-state index in [-0.39, 0.29) is 23.7 Å². The minimum atomic E-state index is -0.961. The first-order chi connectivity index (χ1) is 12.4. The molecule has 3 rings (SSSR count). The highest BCUT2D eigenvalue weighted by atomic mass is 16.4. The number of phenolic OH excluding ortho intramolecular Hbond substituents is 1. The molecule has 2 aliphatic heterocycles. The van der Waals surface area contributed by atoms with Crippen LogP contribution in [0.1, 0.15) is 24.8 Å². The number of hydrogen-bond donors (Lipinski definition) is 2. The highest BCUT2D eigenvalue weighted by Gasteiger charge is 2.42. The van der Waals surface area contributed by atoms with Gasteiger partial charge in [-0.1, -0.05) is 12.1 Å². The fraction of sp³-hybridized carbons (Fsp3) is 0.579. The molecule has 0 bridgehead atoms. The van der Waals surface area contributed by atoms with Crippen molar-refractivity contribution >= 4 is 11.9 Å². The number of piperazine rings is 1. The Morgan fingerprint density at radius 3 is 2.77 bits per heavy atom. The van der Waals surface area contributed by atoms with Crippen LogP contribution in [0.5, 0.6) is 5.75 Å². The molecule has 0 radical (unpaired) electrons. The lowest BCUT2D eigenvalue weighted by Gasteiger charge is -2.49. The molecule has 2 N–H and O–H groups in total. The minimum Gasteiger partial charge on any atom is -0.508 e. The molecule has 2 saturated heterocycles. The molecule has 7 nitrogen and oxygen atoms in total. The van der Waals surface area contributed by atoms with Crippen LogP contribution in [0.3, 0.4) is 0 Å². The topological polar surface area (TPSA) is 84.3 Å². The maximum absolute atomic E-state index is 12.3. The molecule has 2 aliphatic rings. The van der Waals surface area contributed by atoms with Gasteiger partial charge < -0.3 is 15.1 Å². The van der Waals surface area contributed by atoms with Crippen LogP contribution in [0.2, 0.25) is 0 Å². The van der Waals surface area contributed by atoms with E-state index in [1.54, 1.807) is 12.1 Å². The van der Waals surface area contributed by atoms with Gasteiger partial charge in [0.2, 0.25) is 5.91 Å². The van der Waals surface area contributed by atoms with E-state index in [9.17, 15) is 14.7 Å². The average Bonchev–Trinajstić information content (AvgIpc) is 2.73. The first-order valence-corrected chi connectivity index (χ1v) is 9.09. The molecule has 0 aromatic heterocycles. The van der Waals surface area contributed by atoms with Gasteiger partial charge in [-0.05, 0) is 37.6 Å². The van der Waals surface area contributed by atoms with E-state index < -0.39 is 5.97 Å². The second kappa shape index (κ2) is 7.63. The Balaban J connectivity index is 1.71. The Morgan fingerprint density at radius 2 is 2.04 bits per heavy atom. The fourth-order valence-electron chi connectivity index (χ4n) is 4.15. The fourth-order valence-corrected chi connectivity index (χ4v) is 4.15. The number of benzene rings is 1. The van der Waals surface area contributed by atoms with E-state index in [2.05, 4.69) is 16.8 Å². The number of likely N-dealkylation sites (tertiary alicyclic amines) is 1. The molecule has 2 fully saturated rings. The molecule has 1 amide bonds. The number of carboxylic acids is 1. The van der Waals surface area contributed by atoms with Gasteiger partial charge >= 0.3 is 5.97 Å². The summed E-state index contributed by atoms with van der Waals surface area (Å²) in [6.45, 7) is 3.71. The highest BCUT2D eigenvalue weighted by Crippen LogP contribution is 2.32. The number of hydrogen-bond acceptors (Lipinski definition) is 5. The van der Waals surface area contributed by atoms with Gasteiger partial charge in [0.1, 0.15) is 12.3 Å². The molecule has 26 heavy (non-hydrogen) atoms. The molecule has 0 unspecified atom stereocenters. The second-order valence-corrected chi connectivity index (χ2v) is 7.49. The normalized spacial score (nSPS) is 25.4. The first-order valence-electron chi connectivity index (χ1n) is 9.09. The lowest BCUT2D eigenvalue weighted by Crippen LogP contribution is -2.60. The molecule has 0 saturated carbocycles. The number of carboxylic acid groups (broad SMARTS) is 1. The Kier molecular flexibility index (Phi) is 5.48. The molecule has 7 heteroatoms. The number of amides is 1. The monoisotopic (exact) mass is 361 g/mol. The number of aromatic hydroxyl groups is 1. The van der Waals surface area contributed by atoms with E-state index in [0.717, 1.165) is 44.6 Å². The molecule has 142 valence electrons. The average molecular weight is 361 g/mol. The summed E-state index contributed by atoms with van der Waals surface area (Å²) >= 11 is 0. The summed E-state index contributed by atoms with van der Waals surface area (Å²) in [6, 6.07) is 7.32. The van der Waals surface area contributed by atoms with E-state index in [1.165, 1.54) is 4.90 Å². The number of aliphatic carboxylic acids is 1. The third kappa shape index (κ3) is 4.16. The van der Waals surface area contributed by atoms with Gasteiger partial charge in [-0.3, -0.25) is 19.4 Å². The zero-order valence-corrected chi connectivity index (χ0v) is 15.2. The van der Waals surface area contributed by atoms with Crippen molar-refractivity contribution in [1.29, 1.82) is 0 Å². The van der Waals surface area contributed by atoms with Crippen LogP contribution in [0, 0.1) is 0 Å². The third-order valence-electron chi connectivity index (χ3n) is 5.73. The maximum atomic E-state index is 12.3. The van der Waals surface area contributed by atoms with E-state index in [4.69, 9.17) is 5.11 Å². The van der Waals surface area contributed by atoms with Crippen molar-refractivity contribution in [2.24, 2.45) is 0 Å². The van der Waals surface area contributed by atoms with Gasteiger partial charge in [-0.15, -0.1) is 0 Å². The minimum absolute atomic E-state index is 0.0669. The number of likely N-dealkylation sites (N-methyl/N-ethyl adjacent to an activating group) is 1. The van der Waals surface area contributed by atoms with Crippen molar-refractivity contribution < 1.29 is 19.8 Å². The molecular weight excluding hydrogens is 334 g/mol. The van der Waals surface area contributed by atoms with Crippen LogP contribution in [0.4, 0.5) is 0 Å². The Bertz CT molecular complexity index is 681. The lowest BCUT2D eigenvalue weighted by atomic mass is 9.86. The Hall–Kier alpha value is -2.12. The predicted octanol–water partition coefficient (Wildman–Crippen LogP) is 0.975. The summed E-state index contributed by atoms with van der Waals surface area (Å²) in [5.74, 6) is -0.754. The second-order valence-electron chi connectivity index (χ2n) is 7.49. The molecular formula is C19H27N3O4. The molecule has 1 aromatic rings. The van der Waals surface area contributed by atoms with E-state index >= 15 is 0 Å². The van der Waals surface area contributed by atoms with Crippen molar-refractivity contribution in [3.63, 3.8) is 0 Å². The third-order valence-corrected chi connectivity index (χ3v) is 5.73. The van der Waals surface area contributed by atoms with Crippen LogP contribution in [-0.2, 0) is 16.1 Å². The van der Waals surface area contributed by atoms with Gasteiger partial charge in [0.25, 0.3) is 0 Å². The van der Waals surface area contributed by atoms with Gasteiger partial charge in [-0.25, -0.2) is 0 Å². The van der Waals surface area contributed by atoms with Gasteiger partial charge in [0.05, 0.1) is 0 Å². The van der Waals surface area contributed by atoms with Crippen LogP contribution in [0.25, 0.3) is 0 Å². The molecule has 1 spiro atoms. The molecule has 0 aliphatic carbocycles. The quantitative estimate of drug-likeness (QED) is 0.832. The van der Waals surface area contributed by atoms with Crippen molar-refractivity contribution in [1.82, 2.24) is 14.7 Å². The SMILES string of the molecule is CN1CCN(Cc2cccc(O)c2)C[C@@]12CCC(=O)N(CC(=O)O)CC2. The number of phenols is 1. The van der Waals surface area contributed by atoms with Gasteiger partial charge in [-0.2, -0.15) is 0 Å². The molecule has 1 aromatic carbocycles. The number of carbonyl (C=O) groups is 2. The highest BCUT2D eigenvalue weighted by molar-refractivity contribution is 5.81. The summed E-state index contributed by atoms with van der Waals surface area (Å²) in [5.41, 5.74) is 0.958. The van der Waals surface area contributed by atoms with Crippen molar-refractivity contribution in [2.75, 3.05) is 39.8 Å².